The summed E-state index contributed by atoms with van der Waals surface area (Å²) in [6, 6.07) is 0.156. The van der Waals surface area contributed by atoms with Crippen molar-refractivity contribution < 1.29 is 9.47 Å². The Balaban J connectivity index is 1.69. The summed E-state index contributed by atoms with van der Waals surface area (Å²) in [6.45, 7) is 1.38. The van der Waals surface area contributed by atoms with Crippen LogP contribution in [0.1, 0.15) is 19.3 Å². The van der Waals surface area contributed by atoms with E-state index in [9.17, 15) is 0 Å². The van der Waals surface area contributed by atoms with E-state index in [0.29, 0.717) is 13.2 Å². The minimum atomic E-state index is -0.395. The first-order valence-corrected chi connectivity index (χ1v) is 6.71. The molecular weight excluding hydrogens is 240 g/mol. The molecule has 1 aliphatic carbocycles. The molecule has 7 heteroatoms. The maximum Gasteiger partial charge on any atom is 0.183 e. The van der Waals surface area contributed by atoms with Crippen LogP contribution in [-0.4, -0.2) is 45.5 Å². The maximum absolute atomic E-state index is 6.15. The zero-order valence-corrected chi connectivity index (χ0v) is 10.3. The molecule has 1 aliphatic heterocycles. The van der Waals surface area contributed by atoms with Crippen molar-refractivity contribution in [2.75, 3.05) is 13.2 Å². The molecule has 2 heterocycles. The lowest BCUT2D eigenvalue weighted by Crippen LogP contribution is -2.47. The third-order valence-corrected chi connectivity index (χ3v) is 4.56. The molecule has 2 unspecified atom stereocenters. The molecule has 1 aromatic rings. The Morgan fingerprint density at radius 1 is 1.47 bits per heavy atom. The van der Waals surface area contributed by atoms with Crippen LogP contribution >= 0.6 is 11.8 Å². The van der Waals surface area contributed by atoms with Crippen molar-refractivity contribution >= 4 is 11.8 Å². The Morgan fingerprint density at radius 2 is 2.29 bits per heavy atom. The average Bonchev–Trinajstić information content (AvgIpc) is 2.96. The van der Waals surface area contributed by atoms with Gasteiger partial charge in [-0.2, -0.15) is 5.10 Å². The van der Waals surface area contributed by atoms with Crippen LogP contribution in [0.15, 0.2) is 11.5 Å². The van der Waals surface area contributed by atoms with Gasteiger partial charge in [0.05, 0.1) is 13.2 Å². The van der Waals surface area contributed by atoms with Crippen LogP contribution in [0.4, 0.5) is 0 Å². The van der Waals surface area contributed by atoms with Crippen LogP contribution in [0.5, 0.6) is 0 Å². The smallest absolute Gasteiger partial charge is 0.183 e. The van der Waals surface area contributed by atoms with E-state index in [4.69, 9.17) is 15.2 Å². The Hall–Kier alpha value is -0.630. The van der Waals surface area contributed by atoms with E-state index < -0.39 is 5.79 Å². The Bertz CT molecular complexity index is 366. The highest BCUT2D eigenvalue weighted by atomic mass is 32.2. The summed E-state index contributed by atoms with van der Waals surface area (Å²) >= 11 is 1.63. The van der Waals surface area contributed by atoms with Gasteiger partial charge in [0.15, 0.2) is 10.9 Å². The van der Waals surface area contributed by atoms with Crippen molar-refractivity contribution in [3.63, 3.8) is 0 Å². The SMILES string of the molecule is NC1CCC2(CC1Sc1ncn[nH]1)OCCO2. The molecule has 1 aromatic heterocycles. The topological polar surface area (TPSA) is 86.1 Å². The van der Waals surface area contributed by atoms with Crippen molar-refractivity contribution in [2.45, 2.75) is 41.5 Å². The number of aromatic amines is 1. The van der Waals surface area contributed by atoms with Crippen LogP contribution in [0, 0.1) is 0 Å². The first-order valence-electron chi connectivity index (χ1n) is 5.83. The highest BCUT2D eigenvalue weighted by Crippen LogP contribution is 2.41. The molecule has 0 radical (unpaired) electrons. The monoisotopic (exact) mass is 256 g/mol. The summed E-state index contributed by atoms with van der Waals surface area (Å²) in [5.74, 6) is -0.395. The van der Waals surface area contributed by atoms with Gasteiger partial charge < -0.3 is 15.2 Å². The summed E-state index contributed by atoms with van der Waals surface area (Å²) in [5, 5.41) is 7.76. The molecule has 2 aliphatic rings. The third kappa shape index (κ3) is 2.33. The minimum Gasteiger partial charge on any atom is -0.347 e. The van der Waals surface area contributed by atoms with Crippen LogP contribution < -0.4 is 5.73 Å². The van der Waals surface area contributed by atoms with Crippen molar-refractivity contribution in [1.29, 1.82) is 0 Å². The third-order valence-electron chi connectivity index (χ3n) is 3.32. The van der Waals surface area contributed by atoms with Crippen molar-refractivity contribution in [2.24, 2.45) is 5.73 Å². The highest BCUT2D eigenvalue weighted by Gasteiger charge is 2.44. The van der Waals surface area contributed by atoms with Gasteiger partial charge in [-0.3, -0.25) is 5.10 Å². The van der Waals surface area contributed by atoms with Gasteiger partial charge in [-0.25, -0.2) is 4.98 Å². The number of aromatic nitrogens is 3. The fourth-order valence-corrected chi connectivity index (χ4v) is 3.56. The molecule has 1 saturated carbocycles. The number of hydrogen-bond acceptors (Lipinski definition) is 6. The first kappa shape index (κ1) is 11.5. The molecule has 3 N–H and O–H groups in total. The van der Waals surface area contributed by atoms with Crippen molar-refractivity contribution in [3.8, 4) is 0 Å². The van der Waals surface area contributed by atoms with E-state index in [2.05, 4.69) is 15.2 Å². The standard InChI is InChI=1S/C10H16N4O2S/c11-7-1-2-10(15-3-4-16-10)5-8(7)17-9-12-6-13-14-9/h6-8H,1-5,11H2,(H,12,13,14). The molecule has 94 valence electrons. The summed E-state index contributed by atoms with van der Waals surface area (Å²) < 4.78 is 11.5. The van der Waals surface area contributed by atoms with Crippen LogP contribution in [-0.2, 0) is 9.47 Å². The number of hydrogen-bond donors (Lipinski definition) is 2. The lowest BCUT2D eigenvalue weighted by molar-refractivity contribution is -0.176. The summed E-state index contributed by atoms with van der Waals surface area (Å²) in [6.07, 6.45) is 4.14. The summed E-state index contributed by atoms with van der Waals surface area (Å²) in [4.78, 5) is 4.12. The molecule has 0 aromatic carbocycles. The lowest BCUT2D eigenvalue weighted by Gasteiger charge is -2.38. The number of ether oxygens (including phenoxy) is 2. The molecule has 2 fully saturated rings. The van der Waals surface area contributed by atoms with Gasteiger partial charge in [0.2, 0.25) is 0 Å². The van der Waals surface area contributed by atoms with Gasteiger partial charge in [0.25, 0.3) is 0 Å². The van der Waals surface area contributed by atoms with Gasteiger partial charge in [0, 0.05) is 24.1 Å². The van der Waals surface area contributed by atoms with E-state index in [1.165, 1.54) is 6.33 Å². The number of nitrogens with zero attached hydrogens (tertiary/aromatic N) is 2. The number of nitrogens with two attached hydrogens (primary N) is 1. The van der Waals surface area contributed by atoms with Gasteiger partial charge in [-0.15, -0.1) is 0 Å². The van der Waals surface area contributed by atoms with Crippen LogP contribution in [0.3, 0.4) is 0 Å². The van der Waals surface area contributed by atoms with E-state index in [0.717, 1.165) is 24.4 Å². The van der Waals surface area contributed by atoms with Gasteiger partial charge in [-0.1, -0.05) is 11.8 Å². The van der Waals surface area contributed by atoms with Crippen molar-refractivity contribution in [3.05, 3.63) is 6.33 Å². The second-order valence-electron chi connectivity index (χ2n) is 4.46. The molecule has 2 atom stereocenters. The predicted molar refractivity (Wildman–Crippen MR) is 62.5 cm³/mol. The van der Waals surface area contributed by atoms with Crippen LogP contribution in [0.25, 0.3) is 0 Å². The van der Waals surface area contributed by atoms with Gasteiger partial charge >= 0.3 is 0 Å². The second kappa shape index (κ2) is 4.56. The van der Waals surface area contributed by atoms with E-state index >= 15 is 0 Å². The number of rotatable bonds is 2. The van der Waals surface area contributed by atoms with Gasteiger partial charge in [-0.05, 0) is 6.42 Å². The Kier molecular flexibility index (Phi) is 3.08. The van der Waals surface area contributed by atoms with E-state index in [-0.39, 0.29) is 11.3 Å². The molecule has 6 nitrogen and oxygen atoms in total. The molecule has 0 bridgehead atoms. The zero-order valence-electron chi connectivity index (χ0n) is 9.46. The zero-order chi connectivity index (χ0) is 11.7. The first-order chi connectivity index (χ1) is 8.27. The van der Waals surface area contributed by atoms with Gasteiger partial charge in [0.1, 0.15) is 6.33 Å². The maximum atomic E-state index is 6.15. The lowest BCUT2D eigenvalue weighted by atomic mass is 9.90. The molecule has 3 rings (SSSR count). The number of nitrogens with one attached hydrogen (secondary N) is 1. The predicted octanol–water partition coefficient (Wildman–Crippen LogP) is 0.520. The fourth-order valence-electron chi connectivity index (χ4n) is 2.42. The Labute approximate surface area is 104 Å². The van der Waals surface area contributed by atoms with Crippen LogP contribution in [0.2, 0.25) is 0 Å². The molecule has 1 saturated heterocycles. The highest BCUT2D eigenvalue weighted by molar-refractivity contribution is 7.99. The normalized spacial score (nSPS) is 32.1. The number of H-pyrrole nitrogens is 1. The summed E-state index contributed by atoms with van der Waals surface area (Å²) in [7, 11) is 0. The van der Waals surface area contributed by atoms with Crippen molar-refractivity contribution in [1.82, 2.24) is 15.2 Å². The minimum absolute atomic E-state index is 0.156. The largest absolute Gasteiger partial charge is 0.347 e. The summed E-state index contributed by atoms with van der Waals surface area (Å²) in [5.41, 5.74) is 6.15. The molecular formula is C10H16N4O2S. The molecule has 1 spiro atoms. The fraction of sp³-hybridized carbons (Fsp3) is 0.800. The second-order valence-corrected chi connectivity index (χ2v) is 5.69. The van der Waals surface area contributed by atoms with E-state index in [1.807, 2.05) is 0 Å². The van der Waals surface area contributed by atoms with E-state index in [1.54, 1.807) is 11.8 Å². The Morgan fingerprint density at radius 3 is 3.00 bits per heavy atom. The number of thioether (sulfide) groups is 1. The quantitative estimate of drug-likeness (QED) is 0.802. The molecule has 0 amide bonds. The molecule has 17 heavy (non-hydrogen) atoms. The average molecular weight is 256 g/mol.